The standard InChI is InChI=1S/C20H33N3O3/c1-7-23(8-2)15(3)14-21-18(24)17(16-12-10-9-11-13-16)22-19(25)26-20(4,5)6/h9-13,15,17H,7-8,14H2,1-6H3,(H,21,24)(H,22,25). The fraction of sp³-hybridized carbons (Fsp3) is 0.600. The number of rotatable bonds is 8. The van der Waals surface area contributed by atoms with E-state index in [1.165, 1.54) is 0 Å². The molecule has 0 radical (unpaired) electrons. The molecule has 0 bridgehead atoms. The summed E-state index contributed by atoms with van der Waals surface area (Å²) in [6, 6.07) is 8.59. The second-order valence-electron chi connectivity index (χ2n) is 7.31. The average molecular weight is 364 g/mol. The van der Waals surface area contributed by atoms with Gasteiger partial charge in [0.1, 0.15) is 11.6 Å². The topological polar surface area (TPSA) is 70.7 Å². The average Bonchev–Trinajstić information content (AvgIpc) is 2.58. The van der Waals surface area contributed by atoms with Crippen molar-refractivity contribution < 1.29 is 14.3 Å². The number of benzene rings is 1. The van der Waals surface area contributed by atoms with E-state index in [0.717, 1.165) is 13.1 Å². The van der Waals surface area contributed by atoms with E-state index in [4.69, 9.17) is 4.74 Å². The summed E-state index contributed by atoms with van der Waals surface area (Å²) in [6.07, 6.45) is -0.613. The Bertz CT molecular complexity index is 565. The minimum Gasteiger partial charge on any atom is -0.444 e. The molecule has 0 aliphatic heterocycles. The summed E-state index contributed by atoms with van der Waals surface area (Å²) in [5, 5.41) is 5.63. The van der Waals surface area contributed by atoms with Crippen molar-refractivity contribution >= 4 is 12.0 Å². The van der Waals surface area contributed by atoms with Gasteiger partial charge in [0.05, 0.1) is 0 Å². The Morgan fingerprint density at radius 3 is 2.19 bits per heavy atom. The van der Waals surface area contributed by atoms with Crippen LogP contribution in [0.3, 0.4) is 0 Å². The van der Waals surface area contributed by atoms with Crippen LogP contribution in [-0.2, 0) is 9.53 Å². The van der Waals surface area contributed by atoms with E-state index in [2.05, 4.69) is 36.3 Å². The summed E-state index contributed by atoms with van der Waals surface area (Å²) in [5.41, 5.74) is 0.0883. The van der Waals surface area contributed by atoms with Crippen molar-refractivity contribution in [2.24, 2.45) is 0 Å². The highest BCUT2D eigenvalue weighted by molar-refractivity contribution is 5.86. The van der Waals surface area contributed by atoms with E-state index in [1.54, 1.807) is 20.8 Å². The number of alkyl carbamates (subject to hydrolysis) is 1. The Morgan fingerprint density at radius 1 is 1.12 bits per heavy atom. The molecule has 1 aromatic rings. The normalized spacial score (nSPS) is 13.8. The second-order valence-corrected chi connectivity index (χ2v) is 7.31. The van der Waals surface area contributed by atoms with Crippen molar-refractivity contribution in [2.75, 3.05) is 19.6 Å². The summed E-state index contributed by atoms with van der Waals surface area (Å²) in [4.78, 5) is 27.2. The van der Waals surface area contributed by atoms with E-state index in [9.17, 15) is 9.59 Å². The zero-order valence-electron chi connectivity index (χ0n) is 16.8. The molecule has 0 saturated heterocycles. The van der Waals surface area contributed by atoms with Crippen LogP contribution in [0.15, 0.2) is 30.3 Å². The lowest BCUT2D eigenvalue weighted by Gasteiger charge is -2.28. The zero-order chi connectivity index (χ0) is 19.7. The number of hydrogen-bond acceptors (Lipinski definition) is 4. The molecule has 2 amide bonds. The van der Waals surface area contributed by atoms with Crippen LogP contribution in [0.25, 0.3) is 0 Å². The van der Waals surface area contributed by atoms with Gasteiger partial charge in [0.15, 0.2) is 0 Å². The van der Waals surface area contributed by atoms with E-state index in [1.807, 2.05) is 30.3 Å². The van der Waals surface area contributed by atoms with Crippen LogP contribution in [0.1, 0.15) is 53.1 Å². The zero-order valence-corrected chi connectivity index (χ0v) is 16.8. The molecule has 2 N–H and O–H groups in total. The Labute approximate surface area is 157 Å². The van der Waals surface area contributed by atoms with Gasteiger partial charge >= 0.3 is 6.09 Å². The predicted octanol–water partition coefficient (Wildman–Crippen LogP) is 3.10. The lowest BCUT2D eigenvalue weighted by Crippen LogP contribution is -2.47. The summed E-state index contributed by atoms with van der Waals surface area (Å²) >= 11 is 0. The highest BCUT2D eigenvalue weighted by Crippen LogP contribution is 2.15. The highest BCUT2D eigenvalue weighted by Gasteiger charge is 2.26. The smallest absolute Gasteiger partial charge is 0.408 e. The van der Waals surface area contributed by atoms with Gasteiger partial charge in [0, 0.05) is 12.6 Å². The van der Waals surface area contributed by atoms with Crippen LogP contribution in [0.5, 0.6) is 0 Å². The Kier molecular flexibility index (Phi) is 8.58. The van der Waals surface area contributed by atoms with Gasteiger partial charge in [-0.05, 0) is 46.3 Å². The summed E-state index contributed by atoms with van der Waals surface area (Å²) in [7, 11) is 0. The Morgan fingerprint density at radius 2 is 1.69 bits per heavy atom. The highest BCUT2D eigenvalue weighted by atomic mass is 16.6. The third-order valence-corrected chi connectivity index (χ3v) is 4.06. The number of carbonyl (C=O) groups excluding carboxylic acids is 2. The maximum absolute atomic E-state index is 12.7. The minimum atomic E-state index is -0.796. The Balaban J connectivity index is 2.82. The molecule has 0 aromatic heterocycles. The molecular formula is C20H33N3O3. The lowest BCUT2D eigenvalue weighted by molar-refractivity contribution is -0.123. The molecule has 0 aliphatic carbocycles. The third-order valence-electron chi connectivity index (χ3n) is 4.06. The maximum Gasteiger partial charge on any atom is 0.408 e. The molecule has 0 saturated carbocycles. The molecule has 0 aliphatic rings. The molecule has 0 heterocycles. The van der Waals surface area contributed by atoms with E-state index < -0.39 is 17.7 Å². The van der Waals surface area contributed by atoms with Crippen molar-refractivity contribution in [1.82, 2.24) is 15.5 Å². The number of nitrogens with one attached hydrogen (secondary N) is 2. The largest absolute Gasteiger partial charge is 0.444 e. The first-order valence-electron chi connectivity index (χ1n) is 9.24. The molecule has 1 aromatic carbocycles. The summed E-state index contributed by atoms with van der Waals surface area (Å²) < 4.78 is 5.30. The van der Waals surface area contributed by atoms with E-state index >= 15 is 0 Å². The summed E-state index contributed by atoms with van der Waals surface area (Å²) in [5.74, 6) is -0.249. The van der Waals surface area contributed by atoms with Crippen molar-refractivity contribution in [2.45, 2.75) is 59.2 Å². The molecule has 6 nitrogen and oxygen atoms in total. The molecule has 0 spiro atoms. The van der Waals surface area contributed by atoms with Crippen molar-refractivity contribution in [1.29, 1.82) is 0 Å². The number of nitrogens with zero attached hydrogens (tertiary/aromatic N) is 1. The molecule has 26 heavy (non-hydrogen) atoms. The molecule has 1 rings (SSSR count). The van der Waals surface area contributed by atoms with Crippen LogP contribution in [0.4, 0.5) is 4.79 Å². The first-order valence-corrected chi connectivity index (χ1v) is 9.24. The number of likely N-dealkylation sites (N-methyl/N-ethyl adjacent to an activating group) is 1. The quantitative estimate of drug-likeness (QED) is 0.744. The van der Waals surface area contributed by atoms with Crippen molar-refractivity contribution in [3.8, 4) is 0 Å². The first-order chi connectivity index (χ1) is 12.2. The van der Waals surface area contributed by atoms with Crippen molar-refractivity contribution in [3.63, 3.8) is 0 Å². The van der Waals surface area contributed by atoms with Crippen LogP contribution in [0.2, 0.25) is 0 Å². The third kappa shape index (κ3) is 7.44. The van der Waals surface area contributed by atoms with E-state index in [0.29, 0.717) is 12.1 Å². The van der Waals surface area contributed by atoms with Gasteiger partial charge in [-0.15, -0.1) is 0 Å². The van der Waals surface area contributed by atoms with Crippen LogP contribution < -0.4 is 10.6 Å². The lowest BCUT2D eigenvalue weighted by atomic mass is 10.1. The Hall–Kier alpha value is -2.08. The molecule has 6 heteroatoms. The fourth-order valence-corrected chi connectivity index (χ4v) is 2.70. The number of hydrogen-bond donors (Lipinski definition) is 2. The van der Waals surface area contributed by atoms with E-state index in [-0.39, 0.29) is 11.9 Å². The monoisotopic (exact) mass is 363 g/mol. The maximum atomic E-state index is 12.7. The predicted molar refractivity (Wildman–Crippen MR) is 104 cm³/mol. The molecule has 2 unspecified atom stereocenters. The second kappa shape index (κ2) is 10.2. The summed E-state index contributed by atoms with van der Waals surface area (Å²) in [6.45, 7) is 14.0. The van der Waals surface area contributed by atoms with Gasteiger partial charge in [-0.2, -0.15) is 0 Å². The molecular weight excluding hydrogens is 330 g/mol. The van der Waals surface area contributed by atoms with Gasteiger partial charge < -0.3 is 15.4 Å². The van der Waals surface area contributed by atoms with Gasteiger partial charge in [-0.25, -0.2) is 4.79 Å². The molecule has 0 fully saturated rings. The SMILES string of the molecule is CCN(CC)C(C)CNC(=O)C(NC(=O)OC(C)(C)C)c1ccccc1. The van der Waals surface area contributed by atoms with Crippen LogP contribution in [0, 0.1) is 0 Å². The van der Waals surface area contributed by atoms with Crippen LogP contribution in [-0.4, -0.2) is 48.2 Å². The number of amides is 2. The van der Waals surface area contributed by atoms with Gasteiger partial charge in [0.2, 0.25) is 5.91 Å². The van der Waals surface area contributed by atoms with Gasteiger partial charge in [0.25, 0.3) is 0 Å². The first kappa shape index (κ1) is 22.0. The van der Waals surface area contributed by atoms with Gasteiger partial charge in [-0.1, -0.05) is 44.2 Å². The number of ether oxygens (including phenoxy) is 1. The van der Waals surface area contributed by atoms with Gasteiger partial charge in [-0.3, -0.25) is 9.69 Å². The van der Waals surface area contributed by atoms with Crippen LogP contribution >= 0.6 is 0 Å². The number of carbonyl (C=O) groups is 2. The van der Waals surface area contributed by atoms with Crippen molar-refractivity contribution in [3.05, 3.63) is 35.9 Å². The molecule has 146 valence electrons. The molecule has 2 atom stereocenters. The minimum absolute atomic E-state index is 0.215. The fourth-order valence-electron chi connectivity index (χ4n) is 2.70.